The molecule has 30 heavy (non-hydrogen) atoms. The zero-order valence-corrected chi connectivity index (χ0v) is 16.8. The van der Waals surface area contributed by atoms with E-state index in [0.29, 0.717) is 17.2 Å². The monoisotopic (exact) mass is 419 g/mol. The number of benzene rings is 2. The van der Waals surface area contributed by atoms with Crippen molar-refractivity contribution >= 4 is 17.4 Å². The van der Waals surface area contributed by atoms with E-state index >= 15 is 0 Å². The van der Waals surface area contributed by atoms with Gasteiger partial charge in [0.05, 0.1) is 4.92 Å². The van der Waals surface area contributed by atoms with Crippen molar-refractivity contribution in [2.75, 3.05) is 5.94 Å². The zero-order chi connectivity index (χ0) is 20.9. The van der Waals surface area contributed by atoms with Crippen LogP contribution in [0, 0.1) is 17.0 Å². The topological polar surface area (TPSA) is 107 Å². The molecule has 150 valence electrons. The van der Waals surface area contributed by atoms with E-state index in [1.165, 1.54) is 17.8 Å². The van der Waals surface area contributed by atoms with Crippen LogP contribution in [-0.4, -0.2) is 31.0 Å². The second-order valence-corrected chi connectivity index (χ2v) is 7.35. The first-order chi connectivity index (χ1) is 14.6. The molecular formula is C21H17N5O3S. The number of nitro groups is 1. The molecule has 0 unspecified atom stereocenters. The molecule has 1 N–H and O–H groups in total. The number of pyridine rings is 1. The molecule has 0 aliphatic carbocycles. The lowest BCUT2D eigenvalue weighted by Gasteiger charge is -2.07. The molecule has 0 saturated heterocycles. The number of thioether (sulfide) groups is 1. The van der Waals surface area contributed by atoms with Crippen LogP contribution in [0.25, 0.3) is 22.8 Å². The van der Waals surface area contributed by atoms with E-state index in [9.17, 15) is 10.1 Å². The summed E-state index contributed by atoms with van der Waals surface area (Å²) < 4.78 is 5.65. The molecule has 2 aromatic heterocycles. The van der Waals surface area contributed by atoms with E-state index in [4.69, 9.17) is 4.74 Å². The molecule has 0 fully saturated rings. The normalized spacial score (nSPS) is 10.7. The van der Waals surface area contributed by atoms with Crippen LogP contribution < -0.4 is 4.74 Å². The number of hydrogen-bond donors (Lipinski definition) is 1. The third-order valence-electron chi connectivity index (χ3n) is 4.25. The fraction of sp³-hybridized carbons (Fsp3) is 0.0952. The summed E-state index contributed by atoms with van der Waals surface area (Å²) in [6, 6.07) is 18.1. The van der Waals surface area contributed by atoms with E-state index < -0.39 is 4.92 Å². The van der Waals surface area contributed by atoms with Crippen molar-refractivity contribution in [3.8, 4) is 28.5 Å². The van der Waals surface area contributed by atoms with Gasteiger partial charge in [0.25, 0.3) is 0 Å². The van der Waals surface area contributed by atoms with E-state index in [0.717, 1.165) is 16.2 Å². The van der Waals surface area contributed by atoms with Gasteiger partial charge in [-0.2, -0.15) is 5.10 Å². The van der Waals surface area contributed by atoms with Crippen LogP contribution in [0.4, 0.5) is 5.69 Å². The van der Waals surface area contributed by atoms with E-state index in [1.54, 1.807) is 18.3 Å². The summed E-state index contributed by atoms with van der Waals surface area (Å²) in [5.74, 6) is 1.40. The summed E-state index contributed by atoms with van der Waals surface area (Å²) >= 11 is 1.46. The van der Waals surface area contributed by atoms with Crippen molar-refractivity contribution in [2.45, 2.75) is 11.8 Å². The maximum Gasteiger partial charge on any atom is 0.311 e. The fourth-order valence-electron chi connectivity index (χ4n) is 2.81. The number of nitrogens with zero attached hydrogens (tertiary/aromatic N) is 4. The minimum atomic E-state index is -0.466. The quantitative estimate of drug-likeness (QED) is 0.197. The zero-order valence-electron chi connectivity index (χ0n) is 16.0. The Morgan fingerprint density at radius 3 is 2.70 bits per heavy atom. The molecule has 0 amide bonds. The Labute approximate surface area is 176 Å². The molecule has 0 spiro atoms. The van der Waals surface area contributed by atoms with Gasteiger partial charge in [-0.25, -0.2) is 4.98 Å². The molecule has 0 aliphatic rings. The van der Waals surface area contributed by atoms with Crippen LogP contribution in [0.3, 0.4) is 0 Å². The lowest BCUT2D eigenvalue weighted by atomic mass is 10.1. The molecule has 0 radical (unpaired) electrons. The molecule has 4 aromatic rings. The minimum Gasteiger partial charge on any atom is -0.475 e. The number of nitro benzene ring substituents is 1. The van der Waals surface area contributed by atoms with Crippen LogP contribution in [0.5, 0.6) is 5.75 Å². The maximum absolute atomic E-state index is 11.6. The largest absolute Gasteiger partial charge is 0.475 e. The Hall–Kier alpha value is -3.72. The molecule has 0 atom stereocenters. The van der Waals surface area contributed by atoms with Gasteiger partial charge in [-0.3, -0.25) is 20.2 Å². The summed E-state index contributed by atoms with van der Waals surface area (Å²) in [7, 11) is 0. The summed E-state index contributed by atoms with van der Waals surface area (Å²) in [5.41, 5.74) is 2.09. The standard InChI is InChI=1S/C21H17N5O3S/c1-14-11-16(9-10-22-14)21-23-20(24-25-21)15-7-8-19(18(12-15)26(27)28)29-13-30-17-5-3-2-4-6-17/h2-12H,13H2,1H3,(H,23,24,25). The second-order valence-electron chi connectivity index (χ2n) is 6.35. The van der Waals surface area contributed by atoms with Crippen LogP contribution >= 0.6 is 11.8 Å². The highest BCUT2D eigenvalue weighted by atomic mass is 32.2. The lowest BCUT2D eigenvalue weighted by molar-refractivity contribution is -0.385. The van der Waals surface area contributed by atoms with Crippen LogP contribution in [0.15, 0.2) is 71.8 Å². The highest BCUT2D eigenvalue weighted by molar-refractivity contribution is 7.99. The summed E-state index contributed by atoms with van der Waals surface area (Å²) in [5, 5.41) is 18.6. The molecule has 0 saturated carbocycles. The maximum atomic E-state index is 11.6. The van der Waals surface area contributed by atoms with Gasteiger partial charge in [-0.05, 0) is 43.3 Å². The molecular weight excluding hydrogens is 402 g/mol. The predicted molar refractivity (Wildman–Crippen MR) is 114 cm³/mol. The van der Waals surface area contributed by atoms with Gasteiger partial charge in [0.2, 0.25) is 0 Å². The second kappa shape index (κ2) is 8.75. The Balaban J connectivity index is 1.54. The number of ether oxygens (including phenoxy) is 1. The number of aromatic amines is 1. The van der Waals surface area contributed by atoms with E-state index in [-0.39, 0.29) is 17.4 Å². The molecule has 0 bridgehead atoms. The van der Waals surface area contributed by atoms with Gasteiger partial charge >= 0.3 is 5.69 Å². The fourth-order valence-corrected chi connectivity index (χ4v) is 3.48. The van der Waals surface area contributed by atoms with Crippen molar-refractivity contribution in [3.05, 3.63) is 82.7 Å². The van der Waals surface area contributed by atoms with Crippen LogP contribution in [0.1, 0.15) is 5.69 Å². The first kappa shape index (κ1) is 19.6. The smallest absolute Gasteiger partial charge is 0.311 e. The number of aromatic nitrogens is 4. The average Bonchev–Trinajstić information content (AvgIpc) is 3.25. The van der Waals surface area contributed by atoms with Crippen molar-refractivity contribution in [3.63, 3.8) is 0 Å². The lowest BCUT2D eigenvalue weighted by Crippen LogP contribution is -1.98. The number of nitrogens with one attached hydrogen (secondary N) is 1. The van der Waals surface area contributed by atoms with Gasteiger partial charge in [0.15, 0.2) is 17.4 Å². The molecule has 2 aromatic carbocycles. The van der Waals surface area contributed by atoms with Gasteiger partial charge in [0.1, 0.15) is 5.94 Å². The van der Waals surface area contributed by atoms with Crippen molar-refractivity contribution in [2.24, 2.45) is 0 Å². The van der Waals surface area contributed by atoms with E-state index in [2.05, 4.69) is 20.2 Å². The first-order valence-corrected chi connectivity index (χ1v) is 10.0. The summed E-state index contributed by atoms with van der Waals surface area (Å²) in [6.07, 6.45) is 1.69. The molecule has 4 rings (SSSR count). The van der Waals surface area contributed by atoms with Gasteiger partial charge in [-0.1, -0.05) is 30.0 Å². The Kier molecular flexibility index (Phi) is 5.71. The highest BCUT2D eigenvalue weighted by Crippen LogP contribution is 2.33. The van der Waals surface area contributed by atoms with Crippen LogP contribution in [0.2, 0.25) is 0 Å². The summed E-state index contributed by atoms with van der Waals surface area (Å²) in [6.45, 7) is 1.89. The van der Waals surface area contributed by atoms with Gasteiger partial charge in [0, 0.05) is 34.0 Å². The molecule has 0 aliphatic heterocycles. The number of aryl methyl sites for hydroxylation is 1. The Bertz CT molecular complexity index is 1180. The molecule has 8 nitrogen and oxygen atoms in total. The third kappa shape index (κ3) is 4.47. The van der Waals surface area contributed by atoms with Crippen molar-refractivity contribution in [1.82, 2.24) is 20.2 Å². The Morgan fingerprint density at radius 2 is 1.93 bits per heavy atom. The van der Waals surface area contributed by atoms with E-state index in [1.807, 2.05) is 49.4 Å². The molecule has 2 heterocycles. The first-order valence-electron chi connectivity index (χ1n) is 9.05. The minimum absolute atomic E-state index is 0.132. The Morgan fingerprint density at radius 1 is 1.10 bits per heavy atom. The molecule has 9 heteroatoms. The number of H-pyrrole nitrogens is 1. The SMILES string of the molecule is Cc1cc(-c2nc(-c3ccc(OCSc4ccccc4)c([N+](=O)[O-])c3)n[nH]2)ccn1. The predicted octanol–water partition coefficient (Wildman–Crippen LogP) is 4.88. The average molecular weight is 419 g/mol. The van der Waals surface area contributed by atoms with Crippen molar-refractivity contribution in [1.29, 1.82) is 0 Å². The number of rotatable bonds is 7. The van der Waals surface area contributed by atoms with Gasteiger partial charge < -0.3 is 4.74 Å². The third-order valence-corrected chi connectivity index (χ3v) is 5.09. The highest BCUT2D eigenvalue weighted by Gasteiger charge is 2.19. The van der Waals surface area contributed by atoms with Crippen LogP contribution in [-0.2, 0) is 0 Å². The van der Waals surface area contributed by atoms with Crippen molar-refractivity contribution < 1.29 is 9.66 Å². The van der Waals surface area contributed by atoms with Gasteiger partial charge in [-0.15, -0.1) is 0 Å². The summed E-state index contributed by atoms with van der Waals surface area (Å²) in [4.78, 5) is 20.7. The number of hydrogen-bond acceptors (Lipinski definition) is 7.